The number of fused-ring (bicyclic) bond motifs is 8. The molecule has 0 saturated carbocycles. The molecule has 19 aromatic rings. The molecule has 0 fully saturated rings. The third-order valence-corrected chi connectivity index (χ3v) is 29.4. The number of nitrogens with zero attached hydrogens (tertiary/aromatic N) is 8. The molecule has 0 aliphatic carbocycles. The van der Waals surface area contributed by atoms with Gasteiger partial charge in [-0.2, -0.15) is 80.8 Å². The molecule has 0 aliphatic rings. The number of pyridine rings is 2. The number of benzene rings is 13. The average molecular weight is 1750 g/mol. The van der Waals surface area contributed by atoms with Crippen LogP contribution in [0.15, 0.2) is 359 Å². The molecule has 0 radical (unpaired) electrons. The Labute approximate surface area is 645 Å². The van der Waals surface area contributed by atoms with Gasteiger partial charge in [0.2, 0.25) is 0 Å². The van der Waals surface area contributed by atoms with Gasteiger partial charge in [-0.3, -0.25) is 0 Å². The largest absolute Gasteiger partial charge is 0.319 e. The number of hydrogen-bond donors (Lipinski definition) is 0. The smallest absolute Gasteiger partial charge is 0.188 e. The van der Waals surface area contributed by atoms with E-state index in [-0.39, 0.29) is 42.1 Å². The standard InChI is InChI=1S/C49H35N4Si.C44H33N4Si.2Pt/c1-36-30-31-50-49(32-36)53-45-25-12-11-24-43(45)44-29-28-42(34-48(44)53)54(39-19-7-3-8-20-39,40-21-9-4-10-22-40)41-23-15-18-38(33-41)52-35-51(37-16-5-2-6-17-37)46-26-13-14-27-47(46)52;1-32-26-27-45-44(28-32)48-40-21-10-9-20-38(40)39-25-24-37(30-43(39)48)49(34-15-5-3-6-16-34,35-17-7-4-8-18-35)36-19-13-14-33(29-36)47-31-46(2)41-22-11-12-23-42(41)47;;/h2-32,35H,1H3;3-28,31H,1-2H3;;/q2*-1;;/i;2D3;;. The normalized spacial score (nSPS) is 12.2. The Bertz CT molecular complexity index is 6430. The van der Waals surface area contributed by atoms with Gasteiger partial charge in [0.05, 0.1) is 0 Å². The predicted molar refractivity (Wildman–Crippen MR) is 430 cm³/mol. The first kappa shape index (κ1) is 64.4. The number of hydrogen-bond acceptors (Lipinski definition) is 2. The van der Waals surface area contributed by atoms with Crippen LogP contribution in [-0.4, -0.2) is 53.5 Å². The molecule has 105 heavy (non-hydrogen) atoms. The van der Waals surface area contributed by atoms with Crippen molar-refractivity contribution in [3.8, 4) is 28.7 Å². The second kappa shape index (κ2) is 28.6. The first-order chi connectivity index (χ1) is 52.0. The van der Waals surface area contributed by atoms with E-state index in [0.29, 0.717) is 5.52 Å². The van der Waals surface area contributed by atoms with Gasteiger partial charge < -0.3 is 9.13 Å². The number of para-hydroxylation sites is 7. The number of imidazole rings is 2. The molecule has 0 aliphatic heterocycles. The zero-order valence-electron chi connectivity index (χ0n) is 60.3. The molecule has 19 rings (SSSR count). The molecule has 0 amide bonds. The van der Waals surface area contributed by atoms with Crippen LogP contribution in [0.2, 0.25) is 0 Å². The second-order valence-electron chi connectivity index (χ2n) is 26.2. The van der Waals surface area contributed by atoms with E-state index in [1.54, 1.807) is 6.33 Å². The van der Waals surface area contributed by atoms with Gasteiger partial charge in [-0.1, -0.05) is 199 Å². The minimum atomic E-state index is -3.14. The molecule has 0 spiro atoms. The molecule has 6 heterocycles. The van der Waals surface area contributed by atoms with Crippen molar-refractivity contribution in [1.82, 2.24) is 37.4 Å². The second-order valence-corrected chi connectivity index (χ2v) is 33.7. The van der Waals surface area contributed by atoms with Crippen LogP contribution in [-0.2, 0) is 49.1 Å². The summed E-state index contributed by atoms with van der Waals surface area (Å²) in [6, 6.07) is 134. The molecule has 510 valence electrons. The van der Waals surface area contributed by atoms with Crippen molar-refractivity contribution in [1.29, 1.82) is 0 Å². The summed E-state index contributed by atoms with van der Waals surface area (Å²) in [6.45, 7) is 1.87. The van der Waals surface area contributed by atoms with Crippen molar-refractivity contribution >= 4 is 123 Å². The molecular weight excluding hydrogens is 1680 g/mol. The molecule has 6 aromatic heterocycles. The van der Waals surface area contributed by atoms with Gasteiger partial charge in [0.1, 0.15) is 33.5 Å². The summed E-state index contributed by atoms with van der Waals surface area (Å²) in [5.41, 5.74) is 13.0. The van der Waals surface area contributed by atoms with E-state index < -0.39 is 23.1 Å². The molecule has 0 unspecified atom stereocenters. The van der Waals surface area contributed by atoms with Crippen LogP contribution < -0.4 is 41.5 Å². The third-order valence-electron chi connectivity index (χ3n) is 20.2. The van der Waals surface area contributed by atoms with Crippen molar-refractivity contribution in [3.05, 3.63) is 394 Å². The molecule has 0 N–H and O–H groups in total. The van der Waals surface area contributed by atoms with E-state index in [2.05, 4.69) is 354 Å². The van der Waals surface area contributed by atoms with Gasteiger partial charge >= 0.3 is 0 Å². The number of aryl methyl sites for hydroxylation is 3. The summed E-state index contributed by atoms with van der Waals surface area (Å²) in [4.78, 5) is 9.73. The topological polar surface area (TPSA) is 55.4 Å². The predicted octanol–water partition coefficient (Wildman–Crippen LogP) is 15.5. The molecule has 0 saturated heterocycles. The van der Waals surface area contributed by atoms with Crippen molar-refractivity contribution < 1.29 is 46.2 Å². The van der Waals surface area contributed by atoms with Crippen LogP contribution in [0.3, 0.4) is 0 Å². The summed E-state index contributed by atoms with van der Waals surface area (Å²) in [5.74, 6) is 1.74. The SMILES string of the molecule is Cc1ccnc(-n2c3[c-]c([Si](c4[c-]c(-n5[cH+]n(-c6ccccc6)c6ccccc65)ccc4)(c4ccccc4)c4ccccc4)ccc3c3ccccc32)c1.[2H]C([2H])([2H])n1[cH+]n(-c2[c-]c([Si](c3[c-]c4c(cc3)c3ccccc3n4-c3cc(C)ccn3)(c3ccccc3)c3ccccc3)ccc2)c2ccccc21.[Pt].[Pt]. The van der Waals surface area contributed by atoms with E-state index in [9.17, 15) is 0 Å². The summed E-state index contributed by atoms with van der Waals surface area (Å²) >= 11 is 0. The Kier molecular flexibility index (Phi) is 17.5. The summed E-state index contributed by atoms with van der Waals surface area (Å²) in [7, 11) is -6.19. The van der Waals surface area contributed by atoms with Crippen LogP contribution in [0, 0.1) is 38.1 Å². The fourth-order valence-corrected chi connectivity index (χ4v) is 24.7. The van der Waals surface area contributed by atoms with Gasteiger partial charge in [-0.25, -0.2) is 23.7 Å². The minimum Gasteiger partial charge on any atom is -0.319 e. The van der Waals surface area contributed by atoms with Gasteiger partial charge in [0.15, 0.2) is 34.7 Å². The zero-order valence-corrected chi connectivity index (χ0v) is 63.8. The fraction of sp³-hybridized carbons (Fsp3) is 0.0323. The van der Waals surface area contributed by atoms with E-state index >= 15 is 0 Å². The first-order valence-corrected chi connectivity index (χ1v) is 38.7. The zero-order chi connectivity index (χ0) is 71.5. The molecule has 0 atom stereocenters. The van der Waals surface area contributed by atoms with E-state index in [1.165, 1.54) is 30.7 Å². The minimum absolute atomic E-state index is 0. The van der Waals surface area contributed by atoms with Crippen LogP contribution in [0.5, 0.6) is 0 Å². The van der Waals surface area contributed by atoms with Gasteiger partial charge in [-0.05, 0) is 117 Å². The molecule has 8 nitrogen and oxygen atoms in total. The molecule has 13 aromatic carbocycles. The van der Waals surface area contributed by atoms with E-state index in [4.69, 9.17) is 14.1 Å². The Morgan fingerprint density at radius 3 is 1.09 bits per heavy atom. The Hall–Kier alpha value is -11.5. The Morgan fingerprint density at radius 2 is 0.667 bits per heavy atom. The van der Waals surface area contributed by atoms with Gasteiger partial charge in [0.25, 0.3) is 0 Å². The van der Waals surface area contributed by atoms with Crippen molar-refractivity contribution in [3.63, 3.8) is 0 Å². The summed E-state index contributed by atoms with van der Waals surface area (Å²) < 4.78 is 37.2. The van der Waals surface area contributed by atoms with Crippen molar-refractivity contribution in [2.75, 3.05) is 0 Å². The number of aromatic nitrogens is 8. The number of rotatable bonds is 13. The van der Waals surface area contributed by atoms with E-state index in [1.807, 2.05) is 59.4 Å². The fourth-order valence-electron chi connectivity index (χ4n) is 15.6. The molecular formula is C93H68N8Pt2Si2-2. The molecule has 12 heteroatoms. The molecule has 0 bridgehead atoms. The Morgan fingerprint density at radius 1 is 0.314 bits per heavy atom. The van der Waals surface area contributed by atoms with Crippen molar-refractivity contribution in [2.24, 2.45) is 6.98 Å². The average Bonchev–Trinajstić information content (AvgIpc) is 1.39. The quantitative estimate of drug-likeness (QED) is 0.0656. The summed E-state index contributed by atoms with van der Waals surface area (Å²) in [6.07, 6.45) is 7.63. The third kappa shape index (κ3) is 11.7. The maximum atomic E-state index is 8.28. The maximum Gasteiger partial charge on any atom is 0.188 e. The summed E-state index contributed by atoms with van der Waals surface area (Å²) in [5, 5.41) is 14.0. The van der Waals surface area contributed by atoms with Crippen LogP contribution in [0.4, 0.5) is 0 Å². The van der Waals surface area contributed by atoms with Gasteiger partial charge in [-0.15, -0.1) is 40.2 Å². The van der Waals surface area contributed by atoms with Crippen molar-refractivity contribution in [2.45, 2.75) is 13.8 Å². The Balaban J connectivity index is 0.000000162. The van der Waals surface area contributed by atoms with E-state index in [0.717, 1.165) is 115 Å². The van der Waals surface area contributed by atoms with Gasteiger partial charge in [0, 0.05) is 112 Å². The first-order valence-electron chi connectivity index (χ1n) is 36.2. The van der Waals surface area contributed by atoms with Crippen LogP contribution in [0.1, 0.15) is 15.2 Å². The monoisotopic (exact) mass is 1750 g/mol. The van der Waals surface area contributed by atoms with Crippen LogP contribution in [0.25, 0.3) is 94.4 Å². The maximum absolute atomic E-state index is 8.28. The van der Waals surface area contributed by atoms with Crippen LogP contribution >= 0.6 is 0 Å².